The Bertz CT molecular complexity index is 585. The molecule has 1 N–H and O–H groups in total. The third kappa shape index (κ3) is 3.41. The fraction of sp³-hybridized carbons (Fsp3) is 0.444. The van der Waals surface area contributed by atoms with Crippen molar-refractivity contribution >= 4 is 35.0 Å². The van der Waals surface area contributed by atoms with Gasteiger partial charge in [-0.2, -0.15) is 32.8 Å². The normalized spacial score (nSPS) is 12.1. The number of aromatic nitrogens is 4. The molecule has 0 aliphatic heterocycles. The Morgan fingerprint density at radius 3 is 2.89 bits per heavy atom. The molecule has 0 amide bonds. The molecule has 0 aromatic carbocycles. The van der Waals surface area contributed by atoms with E-state index in [9.17, 15) is 13.2 Å². The number of halogens is 4. The Labute approximate surface area is 115 Å². The maximum absolute atomic E-state index is 12.0. The summed E-state index contributed by atoms with van der Waals surface area (Å²) in [6.07, 6.45) is 1.30. The molecule has 104 valence electrons. The Kier molecular flexibility index (Phi) is 4.04. The van der Waals surface area contributed by atoms with Crippen molar-refractivity contribution in [3.63, 3.8) is 0 Å². The second-order valence-corrected chi connectivity index (χ2v) is 5.09. The quantitative estimate of drug-likeness (QED) is 0.695. The van der Waals surface area contributed by atoms with Crippen LogP contribution in [0.25, 0.3) is 5.78 Å². The minimum Gasteiger partial charge on any atom is -0.369 e. The maximum Gasteiger partial charge on any atom is 0.441 e. The van der Waals surface area contributed by atoms with E-state index in [4.69, 9.17) is 11.6 Å². The molecule has 0 aliphatic rings. The molecule has 0 saturated heterocycles. The summed E-state index contributed by atoms with van der Waals surface area (Å²) >= 11 is 5.83. The van der Waals surface area contributed by atoms with Crippen LogP contribution in [0.4, 0.5) is 19.0 Å². The molecule has 0 bridgehead atoms. The highest BCUT2D eigenvalue weighted by atomic mass is 35.5. The highest BCUT2D eigenvalue weighted by Gasteiger charge is 2.27. The van der Waals surface area contributed by atoms with Crippen LogP contribution in [0, 0.1) is 6.92 Å². The molecule has 0 atom stereocenters. The van der Waals surface area contributed by atoms with Crippen molar-refractivity contribution in [1.29, 1.82) is 0 Å². The predicted octanol–water partition coefficient (Wildman–Crippen LogP) is 2.75. The Balaban J connectivity index is 2.11. The highest BCUT2D eigenvalue weighted by Crippen LogP contribution is 2.30. The average Bonchev–Trinajstić information content (AvgIpc) is 2.74. The summed E-state index contributed by atoms with van der Waals surface area (Å²) in [5.41, 5.74) is -3.62. The lowest BCUT2D eigenvalue weighted by Gasteiger charge is -2.12. The van der Waals surface area contributed by atoms with Gasteiger partial charge in [-0.1, -0.05) is 11.6 Å². The molecule has 2 heterocycles. The summed E-state index contributed by atoms with van der Waals surface area (Å²) in [6.45, 7) is 1.83. The highest BCUT2D eigenvalue weighted by molar-refractivity contribution is 8.00. The average molecular weight is 312 g/mol. The summed E-state index contributed by atoms with van der Waals surface area (Å²) < 4.78 is 37.4. The first kappa shape index (κ1) is 14.2. The van der Waals surface area contributed by atoms with Gasteiger partial charge in [0.1, 0.15) is 17.3 Å². The van der Waals surface area contributed by atoms with Crippen molar-refractivity contribution < 1.29 is 13.2 Å². The number of nitrogens with one attached hydrogen (secondary N) is 1. The molecule has 0 radical (unpaired) electrons. The number of hydrogen-bond donors (Lipinski definition) is 1. The predicted molar refractivity (Wildman–Crippen MR) is 67.5 cm³/mol. The van der Waals surface area contributed by atoms with Crippen LogP contribution in [0.2, 0.25) is 5.15 Å². The summed E-state index contributed by atoms with van der Waals surface area (Å²) in [5, 5.41) is 7.05. The number of anilines is 1. The standard InChI is InChI=1S/C9H9ClF3N5S/c1-5-6(10)17-8-15-4-16-18(8)7(5)14-2-3-19-9(11,12)13/h4,14H,2-3H2,1H3. The van der Waals surface area contributed by atoms with Crippen LogP contribution in [-0.4, -0.2) is 37.4 Å². The number of hydrogen-bond acceptors (Lipinski definition) is 5. The van der Waals surface area contributed by atoms with Crippen LogP contribution >= 0.6 is 23.4 Å². The molecule has 5 nitrogen and oxygen atoms in total. The van der Waals surface area contributed by atoms with Crippen molar-refractivity contribution in [3.8, 4) is 0 Å². The lowest BCUT2D eigenvalue weighted by Crippen LogP contribution is -2.13. The van der Waals surface area contributed by atoms with Gasteiger partial charge in [0, 0.05) is 17.9 Å². The van der Waals surface area contributed by atoms with Gasteiger partial charge in [-0.15, -0.1) is 0 Å². The van der Waals surface area contributed by atoms with Crippen molar-refractivity contribution in [3.05, 3.63) is 17.0 Å². The van der Waals surface area contributed by atoms with Crippen molar-refractivity contribution in [2.75, 3.05) is 17.6 Å². The van der Waals surface area contributed by atoms with E-state index >= 15 is 0 Å². The Morgan fingerprint density at radius 1 is 1.47 bits per heavy atom. The van der Waals surface area contributed by atoms with Crippen molar-refractivity contribution in [2.24, 2.45) is 0 Å². The molecule has 2 rings (SSSR count). The van der Waals surface area contributed by atoms with Gasteiger partial charge in [-0.3, -0.25) is 0 Å². The molecule has 2 aromatic rings. The second kappa shape index (κ2) is 5.41. The zero-order valence-electron chi connectivity index (χ0n) is 9.70. The summed E-state index contributed by atoms with van der Waals surface area (Å²) in [7, 11) is 0. The van der Waals surface area contributed by atoms with Crippen LogP contribution in [0.15, 0.2) is 6.33 Å². The van der Waals surface area contributed by atoms with Gasteiger partial charge in [-0.05, 0) is 18.7 Å². The first-order chi connectivity index (χ1) is 8.88. The van der Waals surface area contributed by atoms with E-state index in [1.165, 1.54) is 10.8 Å². The largest absolute Gasteiger partial charge is 0.441 e. The van der Waals surface area contributed by atoms with E-state index in [2.05, 4.69) is 20.4 Å². The van der Waals surface area contributed by atoms with Crippen LogP contribution in [0.5, 0.6) is 0 Å². The summed E-state index contributed by atoms with van der Waals surface area (Å²) in [5.74, 6) is 0.677. The SMILES string of the molecule is Cc1c(Cl)nc2ncnn2c1NCCSC(F)(F)F. The summed E-state index contributed by atoms with van der Waals surface area (Å²) in [4.78, 5) is 7.87. The summed E-state index contributed by atoms with van der Waals surface area (Å²) in [6, 6.07) is 0. The van der Waals surface area contributed by atoms with E-state index in [0.29, 0.717) is 17.2 Å². The monoisotopic (exact) mass is 311 g/mol. The number of thioether (sulfide) groups is 1. The minimum atomic E-state index is -4.23. The fourth-order valence-electron chi connectivity index (χ4n) is 1.44. The second-order valence-electron chi connectivity index (χ2n) is 3.57. The van der Waals surface area contributed by atoms with Gasteiger partial charge >= 0.3 is 5.51 Å². The van der Waals surface area contributed by atoms with E-state index < -0.39 is 5.51 Å². The van der Waals surface area contributed by atoms with Crippen LogP contribution in [0.3, 0.4) is 0 Å². The van der Waals surface area contributed by atoms with Gasteiger partial charge in [0.2, 0.25) is 0 Å². The van der Waals surface area contributed by atoms with E-state index in [0.717, 1.165) is 0 Å². The van der Waals surface area contributed by atoms with Crippen molar-refractivity contribution in [2.45, 2.75) is 12.4 Å². The van der Waals surface area contributed by atoms with Gasteiger partial charge < -0.3 is 5.32 Å². The Hall–Kier alpha value is -1.22. The van der Waals surface area contributed by atoms with E-state index in [-0.39, 0.29) is 29.2 Å². The lowest BCUT2D eigenvalue weighted by molar-refractivity contribution is -0.0327. The third-order valence-corrected chi connectivity index (χ3v) is 3.37. The zero-order valence-corrected chi connectivity index (χ0v) is 11.3. The molecule has 0 aliphatic carbocycles. The topological polar surface area (TPSA) is 55.1 Å². The molecule has 0 fully saturated rings. The van der Waals surface area contributed by atoms with Gasteiger partial charge in [-0.25, -0.2) is 0 Å². The lowest BCUT2D eigenvalue weighted by atomic mass is 10.3. The molecule has 0 unspecified atom stereocenters. The number of rotatable bonds is 4. The Morgan fingerprint density at radius 2 is 2.21 bits per heavy atom. The first-order valence-corrected chi connectivity index (χ1v) is 6.55. The van der Waals surface area contributed by atoms with E-state index in [1.54, 1.807) is 6.92 Å². The molecule has 2 aromatic heterocycles. The van der Waals surface area contributed by atoms with Gasteiger partial charge in [0.05, 0.1) is 0 Å². The van der Waals surface area contributed by atoms with Gasteiger partial charge in [0.25, 0.3) is 5.78 Å². The van der Waals surface area contributed by atoms with Crippen molar-refractivity contribution in [1.82, 2.24) is 19.6 Å². The molecular formula is C9H9ClF3N5S. The minimum absolute atomic E-state index is 0.0861. The number of nitrogens with zero attached hydrogens (tertiary/aromatic N) is 4. The molecule has 0 spiro atoms. The molecule has 0 saturated carbocycles. The fourth-order valence-corrected chi connectivity index (χ4v) is 2.04. The molecular weight excluding hydrogens is 303 g/mol. The maximum atomic E-state index is 12.0. The number of fused-ring (bicyclic) bond motifs is 1. The van der Waals surface area contributed by atoms with Crippen LogP contribution in [-0.2, 0) is 0 Å². The number of alkyl halides is 3. The first-order valence-electron chi connectivity index (χ1n) is 5.19. The van der Waals surface area contributed by atoms with E-state index in [1.807, 2.05) is 0 Å². The molecule has 19 heavy (non-hydrogen) atoms. The smallest absolute Gasteiger partial charge is 0.369 e. The third-order valence-electron chi connectivity index (χ3n) is 2.26. The van der Waals surface area contributed by atoms with Crippen LogP contribution in [0.1, 0.15) is 5.56 Å². The zero-order chi connectivity index (χ0) is 14.0. The van der Waals surface area contributed by atoms with Crippen LogP contribution < -0.4 is 5.32 Å². The van der Waals surface area contributed by atoms with Gasteiger partial charge in [0.15, 0.2) is 0 Å². The molecule has 10 heteroatoms.